The van der Waals surface area contributed by atoms with E-state index in [1.807, 2.05) is 104 Å². The number of hydrogen-bond donors (Lipinski definition) is 0. The quantitative estimate of drug-likeness (QED) is 0.455. The molecular formula is C28H32N4O2. The van der Waals surface area contributed by atoms with Gasteiger partial charge in [-0.1, -0.05) is 39.9 Å². The monoisotopic (exact) mass is 456 g/mol. The summed E-state index contributed by atoms with van der Waals surface area (Å²) >= 11 is 0. The molecule has 0 spiro atoms. The third-order valence-corrected chi connectivity index (χ3v) is 7.78. The van der Waals surface area contributed by atoms with E-state index in [2.05, 4.69) is 16.8 Å². The van der Waals surface area contributed by atoms with Crippen LogP contribution in [0, 0.1) is 22.0 Å². The van der Waals surface area contributed by atoms with Gasteiger partial charge in [0.1, 0.15) is 5.84 Å². The van der Waals surface area contributed by atoms with Gasteiger partial charge in [-0.25, -0.2) is 0 Å². The van der Waals surface area contributed by atoms with Crippen LogP contribution in [0.3, 0.4) is 0 Å². The minimum Gasteiger partial charge on any atom is -0.757 e. The molecule has 0 bridgehead atoms. The third kappa shape index (κ3) is 3.65. The topological polar surface area (TPSA) is 71.1 Å². The summed E-state index contributed by atoms with van der Waals surface area (Å²) < 4.78 is 1.01. The average molecular weight is 457 g/mol. The van der Waals surface area contributed by atoms with E-state index in [1.165, 1.54) is 0 Å². The van der Waals surface area contributed by atoms with Gasteiger partial charge in [0.2, 0.25) is 0 Å². The fourth-order valence-corrected chi connectivity index (χ4v) is 3.87. The molecule has 0 aliphatic carbocycles. The normalized spacial score (nSPS) is 21.6. The van der Waals surface area contributed by atoms with Crippen LogP contribution in [-0.4, -0.2) is 43.7 Å². The van der Waals surface area contributed by atoms with Gasteiger partial charge in [-0.2, -0.15) is 0 Å². The second kappa shape index (κ2) is 7.61. The molecule has 2 aromatic carbocycles. The lowest BCUT2D eigenvalue weighted by molar-refractivity contribution is -0.514. The van der Waals surface area contributed by atoms with Crippen molar-refractivity contribution < 1.29 is 4.76 Å². The summed E-state index contributed by atoms with van der Waals surface area (Å²) in [5.74, 6) is 7.24. The zero-order chi connectivity index (χ0) is 25.1. The highest BCUT2D eigenvalue weighted by molar-refractivity contribution is 6.01. The van der Waals surface area contributed by atoms with Gasteiger partial charge in [0, 0.05) is 22.2 Å². The lowest BCUT2D eigenvalue weighted by Gasteiger charge is -2.45. The molecule has 4 rings (SSSR count). The predicted octanol–water partition coefficient (Wildman–Crippen LogP) is 5.30. The summed E-state index contributed by atoms with van der Waals surface area (Å²) in [5, 5.41) is 13.8. The van der Waals surface area contributed by atoms with Gasteiger partial charge in [-0.3, -0.25) is 4.99 Å². The highest BCUT2D eigenvalue weighted by Gasteiger charge is 2.59. The van der Waals surface area contributed by atoms with Crippen molar-refractivity contribution in [2.75, 3.05) is 0 Å². The van der Waals surface area contributed by atoms with Gasteiger partial charge in [0.15, 0.2) is 11.1 Å². The van der Waals surface area contributed by atoms with Crippen LogP contribution >= 0.6 is 0 Å². The molecule has 0 N–H and O–H groups in total. The number of hydroxylamine groups is 2. The number of benzene rings is 2. The van der Waals surface area contributed by atoms with Crippen LogP contribution in [0.5, 0.6) is 0 Å². The van der Waals surface area contributed by atoms with E-state index in [4.69, 9.17) is 4.99 Å². The Labute approximate surface area is 202 Å². The number of amidine groups is 2. The molecule has 0 amide bonds. The van der Waals surface area contributed by atoms with E-state index in [9.17, 15) is 10.1 Å². The van der Waals surface area contributed by atoms with Gasteiger partial charge >= 0.3 is 5.84 Å². The van der Waals surface area contributed by atoms with Gasteiger partial charge in [0.25, 0.3) is 0 Å². The minimum atomic E-state index is -0.626. The first-order valence-electron chi connectivity index (χ1n) is 11.5. The summed E-state index contributed by atoms with van der Waals surface area (Å²) in [4.78, 5) is 22.3. The molecule has 176 valence electrons. The molecule has 2 aliphatic heterocycles. The van der Waals surface area contributed by atoms with Crippen molar-refractivity contribution in [2.24, 2.45) is 9.98 Å². The zero-order valence-electron chi connectivity index (χ0n) is 21.2. The SMILES string of the molecule is CC1(C)N=C(c2ccc(C#Cc3cccc(C4=NC(C)(C)C(C)(C)[N+]4=O)c3)cc2)N([O-])C1(C)C. The Bertz CT molecular complexity index is 1290. The van der Waals surface area contributed by atoms with Crippen LogP contribution in [0.25, 0.3) is 0 Å². The molecule has 0 radical (unpaired) electrons. The second-order valence-corrected chi connectivity index (χ2v) is 11.1. The van der Waals surface area contributed by atoms with Crippen molar-refractivity contribution >= 4 is 11.7 Å². The Balaban J connectivity index is 1.57. The van der Waals surface area contributed by atoms with Crippen LogP contribution in [0.2, 0.25) is 0 Å². The van der Waals surface area contributed by atoms with Crippen molar-refractivity contribution in [1.29, 1.82) is 0 Å². The molecule has 0 aromatic heterocycles. The predicted molar refractivity (Wildman–Crippen MR) is 137 cm³/mol. The van der Waals surface area contributed by atoms with Crippen molar-refractivity contribution in [3.8, 4) is 11.8 Å². The molecule has 0 unspecified atom stereocenters. The zero-order valence-corrected chi connectivity index (χ0v) is 21.2. The maximum Gasteiger partial charge on any atom is 0.364 e. The van der Waals surface area contributed by atoms with Crippen molar-refractivity contribution in [2.45, 2.75) is 77.5 Å². The maximum absolute atomic E-state index is 12.9. The fraction of sp³-hybridized carbons (Fsp3) is 0.429. The Morgan fingerprint density at radius 2 is 1.41 bits per heavy atom. The summed E-state index contributed by atoms with van der Waals surface area (Å²) in [6.45, 7) is 15.6. The van der Waals surface area contributed by atoms with E-state index < -0.39 is 22.2 Å². The molecule has 2 aromatic rings. The minimum absolute atomic E-state index is 0.438. The van der Waals surface area contributed by atoms with E-state index >= 15 is 0 Å². The summed E-state index contributed by atoms with van der Waals surface area (Å²) in [7, 11) is 0. The summed E-state index contributed by atoms with van der Waals surface area (Å²) in [5.41, 5.74) is 0.975. The largest absolute Gasteiger partial charge is 0.757 e. The molecule has 6 heteroatoms. The second-order valence-electron chi connectivity index (χ2n) is 11.1. The number of hydrogen-bond acceptors (Lipinski definition) is 5. The highest BCUT2D eigenvalue weighted by atomic mass is 16.5. The first-order chi connectivity index (χ1) is 15.7. The number of rotatable bonds is 2. The van der Waals surface area contributed by atoms with E-state index in [-0.39, 0.29) is 0 Å². The fourth-order valence-electron chi connectivity index (χ4n) is 3.87. The molecular weight excluding hydrogens is 424 g/mol. The van der Waals surface area contributed by atoms with Gasteiger partial charge < -0.3 is 10.3 Å². The van der Waals surface area contributed by atoms with Crippen LogP contribution in [0.1, 0.15) is 77.6 Å². The van der Waals surface area contributed by atoms with Crippen LogP contribution in [0.15, 0.2) is 58.5 Å². The van der Waals surface area contributed by atoms with Crippen LogP contribution in [0.4, 0.5) is 0 Å². The molecule has 2 aliphatic rings. The standard InChI is InChI=1S/C28H32N4O2/c1-25(2)27(5,6)31(33)23(29-25)21-16-14-19(15-17-21)12-13-20-10-9-11-22(18-20)24-30-26(3,4)28(7,8)32(24)34/h9-11,14-18H,1-8H3. The van der Waals surface area contributed by atoms with E-state index in [0.717, 1.165) is 32.1 Å². The van der Waals surface area contributed by atoms with Gasteiger partial charge in [-0.05, 0) is 90.5 Å². The summed E-state index contributed by atoms with van der Waals surface area (Å²) in [6.07, 6.45) is 0. The Morgan fingerprint density at radius 1 is 0.794 bits per heavy atom. The van der Waals surface area contributed by atoms with Crippen molar-refractivity contribution in [3.05, 3.63) is 80.9 Å². The number of nitroso groups, excluding NO2 is 1. The number of nitrogens with zero attached hydrogens (tertiary/aromatic N) is 4. The van der Waals surface area contributed by atoms with Gasteiger partial charge in [-0.15, -0.1) is 0 Å². The molecule has 0 fully saturated rings. The van der Waals surface area contributed by atoms with E-state index in [1.54, 1.807) is 0 Å². The number of aliphatic imine (C=N–C) groups is 2. The maximum atomic E-state index is 12.9. The first kappa shape index (κ1) is 23.8. The van der Waals surface area contributed by atoms with Crippen molar-refractivity contribution in [1.82, 2.24) is 5.06 Å². The van der Waals surface area contributed by atoms with Crippen molar-refractivity contribution in [3.63, 3.8) is 0 Å². The lowest BCUT2D eigenvalue weighted by Crippen LogP contribution is -2.50. The highest BCUT2D eigenvalue weighted by Crippen LogP contribution is 2.38. The Morgan fingerprint density at radius 3 is 1.94 bits per heavy atom. The molecule has 2 heterocycles. The Hall–Kier alpha value is -3.30. The first-order valence-corrected chi connectivity index (χ1v) is 11.5. The summed E-state index contributed by atoms with van der Waals surface area (Å²) in [6, 6.07) is 15.2. The Kier molecular flexibility index (Phi) is 5.34. The molecule has 6 nitrogen and oxygen atoms in total. The van der Waals surface area contributed by atoms with E-state index in [0.29, 0.717) is 11.7 Å². The lowest BCUT2D eigenvalue weighted by atomic mass is 9.84. The molecule has 0 atom stereocenters. The van der Waals surface area contributed by atoms with Crippen LogP contribution < -0.4 is 0 Å². The van der Waals surface area contributed by atoms with Crippen LogP contribution in [-0.2, 0) is 0 Å². The average Bonchev–Trinajstić information content (AvgIpc) is 3.05. The van der Waals surface area contributed by atoms with Gasteiger partial charge in [0.05, 0.1) is 11.1 Å². The smallest absolute Gasteiger partial charge is 0.364 e. The molecule has 0 saturated heterocycles. The molecule has 34 heavy (non-hydrogen) atoms. The third-order valence-electron chi connectivity index (χ3n) is 7.78. The molecule has 0 saturated carbocycles.